The van der Waals surface area contributed by atoms with E-state index in [1.54, 1.807) is 6.07 Å². The first-order chi connectivity index (χ1) is 8.67. The summed E-state index contributed by atoms with van der Waals surface area (Å²) >= 11 is 0. The predicted molar refractivity (Wildman–Crippen MR) is 57.1 cm³/mol. The Hall–Kier alpha value is -3.26. The van der Waals surface area contributed by atoms with Crippen LogP contribution in [0.3, 0.4) is 0 Å². The zero-order chi connectivity index (χ0) is 13.1. The van der Waals surface area contributed by atoms with E-state index in [2.05, 4.69) is 15.2 Å². The summed E-state index contributed by atoms with van der Waals surface area (Å²) in [5, 5.41) is 25.0. The zero-order valence-corrected chi connectivity index (χ0v) is 8.90. The molecule has 2 heterocycles. The van der Waals surface area contributed by atoms with Crippen LogP contribution in [0.15, 0.2) is 18.5 Å². The summed E-state index contributed by atoms with van der Waals surface area (Å²) in [6.07, 6.45) is 1.28. The number of aromatic nitrogens is 4. The molecule has 0 unspecified atom stereocenters. The Morgan fingerprint density at radius 3 is 2.56 bits per heavy atom. The van der Waals surface area contributed by atoms with Crippen LogP contribution in [0.25, 0.3) is 5.82 Å². The number of primary amides is 1. The van der Waals surface area contributed by atoms with Crippen molar-refractivity contribution in [2.24, 2.45) is 5.73 Å². The molecule has 0 aliphatic heterocycles. The first-order valence-electron chi connectivity index (χ1n) is 4.69. The van der Waals surface area contributed by atoms with E-state index in [9.17, 15) is 4.79 Å². The second kappa shape index (κ2) is 4.31. The summed E-state index contributed by atoms with van der Waals surface area (Å²) in [5.74, 6) is -0.427. The number of rotatable bonds is 2. The van der Waals surface area contributed by atoms with Crippen molar-refractivity contribution in [3.05, 3.63) is 35.5 Å². The fourth-order valence-electron chi connectivity index (χ4n) is 1.30. The standard InChI is InChI=1S/C10H5N7O/c11-3-7-8(4-12)17(5-14-7)9-2-1-6(10(13)18)15-16-9/h1-2,5H,(H2,13,18). The zero-order valence-electron chi connectivity index (χ0n) is 8.90. The average Bonchev–Trinajstić information content (AvgIpc) is 2.81. The van der Waals surface area contributed by atoms with Gasteiger partial charge in [0.15, 0.2) is 22.9 Å². The maximum absolute atomic E-state index is 10.8. The van der Waals surface area contributed by atoms with Gasteiger partial charge in [-0.1, -0.05) is 0 Å². The summed E-state index contributed by atoms with van der Waals surface area (Å²) in [6.45, 7) is 0. The number of hydrogen-bond donors (Lipinski definition) is 1. The van der Waals surface area contributed by atoms with Gasteiger partial charge in [0.2, 0.25) is 0 Å². The summed E-state index contributed by atoms with van der Waals surface area (Å²) in [6, 6.07) is 6.47. The molecule has 0 saturated heterocycles. The normalized spacial score (nSPS) is 9.44. The highest BCUT2D eigenvalue weighted by atomic mass is 16.1. The van der Waals surface area contributed by atoms with Gasteiger partial charge in [0.1, 0.15) is 18.5 Å². The van der Waals surface area contributed by atoms with Gasteiger partial charge in [0, 0.05) is 0 Å². The molecule has 1 amide bonds. The van der Waals surface area contributed by atoms with E-state index in [-0.39, 0.29) is 22.9 Å². The maximum Gasteiger partial charge on any atom is 0.269 e. The number of carbonyl (C=O) groups is 1. The highest BCUT2D eigenvalue weighted by Gasteiger charge is 2.13. The third-order valence-electron chi connectivity index (χ3n) is 2.13. The number of hydrogen-bond acceptors (Lipinski definition) is 6. The number of amides is 1. The van der Waals surface area contributed by atoms with Gasteiger partial charge in [-0.15, -0.1) is 10.2 Å². The lowest BCUT2D eigenvalue weighted by Crippen LogP contribution is -2.14. The van der Waals surface area contributed by atoms with Crippen LogP contribution in [0.1, 0.15) is 21.9 Å². The van der Waals surface area contributed by atoms with Gasteiger partial charge in [-0.3, -0.25) is 9.36 Å². The molecule has 0 aromatic carbocycles. The van der Waals surface area contributed by atoms with Gasteiger partial charge in [-0.05, 0) is 12.1 Å². The molecular formula is C10H5N7O. The third kappa shape index (κ3) is 1.74. The van der Waals surface area contributed by atoms with Gasteiger partial charge < -0.3 is 5.73 Å². The summed E-state index contributed by atoms with van der Waals surface area (Å²) < 4.78 is 1.30. The van der Waals surface area contributed by atoms with Gasteiger partial charge in [-0.25, -0.2) is 4.98 Å². The molecule has 0 saturated carbocycles. The van der Waals surface area contributed by atoms with Crippen molar-refractivity contribution in [1.82, 2.24) is 19.7 Å². The lowest BCUT2D eigenvalue weighted by atomic mass is 10.3. The Morgan fingerprint density at radius 2 is 2.06 bits per heavy atom. The molecule has 0 aliphatic carbocycles. The molecule has 0 fully saturated rings. The molecule has 2 rings (SSSR count). The van der Waals surface area contributed by atoms with E-state index >= 15 is 0 Å². The van der Waals surface area contributed by atoms with Crippen molar-refractivity contribution in [3.8, 4) is 18.0 Å². The minimum atomic E-state index is -0.696. The van der Waals surface area contributed by atoms with Crippen molar-refractivity contribution in [1.29, 1.82) is 10.5 Å². The maximum atomic E-state index is 10.8. The van der Waals surface area contributed by atoms with Crippen molar-refractivity contribution in [2.45, 2.75) is 0 Å². The van der Waals surface area contributed by atoms with Crippen LogP contribution >= 0.6 is 0 Å². The first kappa shape index (κ1) is 11.2. The molecule has 2 N–H and O–H groups in total. The number of carbonyl (C=O) groups excluding carboxylic acids is 1. The Bertz CT molecular complexity index is 686. The highest BCUT2D eigenvalue weighted by molar-refractivity contribution is 5.90. The van der Waals surface area contributed by atoms with Crippen LogP contribution < -0.4 is 5.73 Å². The van der Waals surface area contributed by atoms with Crippen LogP contribution in [0.5, 0.6) is 0 Å². The van der Waals surface area contributed by atoms with E-state index in [0.29, 0.717) is 0 Å². The van der Waals surface area contributed by atoms with E-state index in [0.717, 1.165) is 0 Å². The van der Waals surface area contributed by atoms with Crippen LogP contribution in [-0.4, -0.2) is 25.7 Å². The minimum absolute atomic E-state index is 0.00159. The van der Waals surface area contributed by atoms with Crippen LogP contribution in [-0.2, 0) is 0 Å². The first-order valence-corrected chi connectivity index (χ1v) is 4.69. The quantitative estimate of drug-likeness (QED) is 0.750. The molecule has 0 aliphatic rings. The van der Waals surface area contributed by atoms with E-state index in [1.165, 1.54) is 23.0 Å². The van der Waals surface area contributed by atoms with Crippen LogP contribution in [0.2, 0.25) is 0 Å². The van der Waals surface area contributed by atoms with Crippen molar-refractivity contribution in [2.75, 3.05) is 0 Å². The lowest BCUT2D eigenvalue weighted by Gasteiger charge is -2.01. The number of nitriles is 2. The number of nitrogens with two attached hydrogens (primary N) is 1. The number of nitrogens with zero attached hydrogens (tertiary/aromatic N) is 6. The SMILES string of the molecule is N#Cc1ncn(-c2ccc(C(N)=O)nn2)c1C#N. The summed E-state index contributed by atoms with van der Waals surface area (Å²) in [7, 11) is 0. The van der Waals surface area contributed by atoms with E-state index < -0.39 is 5.91 Å². The Balaban J connectivity index is 2.51. The Morgan fingerprint density at radius 1 is 1.28 bits per heavy atom. The smallest absolute Gasteiger partial charge is 0.269 e. The second-order valence-corrected chi connectivity index (χ2v) is 3.18. The molecule has 0 radical (unpaired) electrons. The molecule has 8 heteroatoms. The Kier molecular flexibility index (Phi) is 2.69. The monoisotopic (exact) mass is 239 g/mol. The fraction of sp³-hybridized carbons (Fsp3) is 0. The van der Waals surface area contributed by atoms with Gasteiger partial charge in [0.25, 0.3) is 5.91 Å². The van der Waals surface area contributed by atoms with Gasteiger partial charge in [-0.2, -0.15) is 10.5 Å². The average molecular weight is 239 g/mol. The summed E-state index contributed by atoms with van der Waals surface area (Å²) in [4.78, 5) is 14.6. The molecule has 0 spiro atoms. The van der Waals surface area contributed by atoms with E-state index in [4.69, 9.17) is 16.3 Å². The molecule has 8 nitrogen and oxygen atoms in total. The fourth-order valence-corrected chi connectivity index (χ4v) is 1.30. The predicted octanol–water partition coefficient (Wildman–Crippen LogP) is -0.495. The van der Waals surface area contributed by atoms with Crippen LogP contribution in [0.4, 0.5) is 0 Å². The van der Waals surface area contributed by atoms with Gasteiger partial charge in [0.05, 0.1) is 0 Å². The lowest BCUT2D eigenvalue weighted by molar-refractivity contribution is 0.0994. The molecule has 0 atom stereocenters. The van der Waals surface area contributed by atoms with E-state index in [1.807, 2.05) is 6.07 Å². The molecule has 18 heavy (non-hydrogen) atoms. The molecule has 86 valence electrons. The van der Waals surface area contributed by atoms with Crippen molar-refractivity contribution >= 4 is 5.91 Å². The highest BCUT2D eigenvalue weighted by Crippen LogP contribution is 2.11. The van der Waals surface area contributed by atoms with Crippen molar-refractivity contribution < 1.29 is 4.79 Å². The Labute approximate surface area is 101 Å². The molecule has 2 aromatic rings. The molecular weight excluding hydrogens is 234 g/mol. The molecule has 2 aromatic heterocycles. The number of imidazole rings is 1. The van der Waals surface area contributed by atoms with Crippen LogP contribution in [0, 0.1) is 22.7 Å². The second-order valence-electron chi connectivity index (χ2n) is 3.18. The topological polar surface area (TPSA) is 134 Å². The minimum Gasteiger partial charge on any atom is -0.364 e. The van der Waals surface area contributed by atoms with Crippen molar-refractivity contribution in [3.63, 3.8) is 0 Å². The largest absolute Gasteiger partial charge is 0.364 e. The molecule has 0 bridgehead atoms. The summed E-state index contributed by atoms with van der Waals surface area (Å²) in [5.41, 5.74) is 5.09. The van der Waals surface area contributed by atoms with Gasteiger partial charge >= 0.3 is 0 Å². The third-order valence-corrected chi connectivity index (χ3v) is 2.13.